The van der Waals surface area contributed by atoms with Gasteiger partial charge in [-0.1, -0.05) is 0 Å². The van der Waals surface area contributed by atoms with Gasteiger partial charge in [-0.05, 0) is 58.5 Å². The molecule has 0 aromatic heterocycles. The average molecular weight is 226 g/mol. The van der Waals surface area contributed by atoms with E-state index in [0.717, 1.165) is 32.4 Å². The zero-order valence-corrected chi connectivity index (χ0v) is 10.4. The molecule has 1 heterocycles. The Morgan fingerprint density at radius 3 is 2.56 bits per heavy atom. The van der Waals surface area contributed by atoms with Crippen LogP contribution < -0.4 is 10.8 Å². The van der Waals surface area contributed by atoms with Gasteiger partial charge in [0.1, 0.15) is 0 Å². The summed E-state index contributed by atoms with van der Waals surface area (Å²) >= 11 is 0. The van der Waals surface area contributed by atoms with Gasteiger partial charge in [0, 0.05) is 5.92 Å². The van der Waals surface area contributed by atoms with Crippen LogP contribution >= 0.6 is 0 Å². The number of carbonyl (C=O) groups excluding carboxylic acids is 1. The summed E-state index contributed by atoms with van der Waals surface area (Å²) in [5, 5.41) is 3.33. The molecule has 4 nitrogen and oxygen atoms in total. The van der Waals surface area contributed by atoms with E-state index in [9.17, 15) is 4.79 Å². The number of amides is 1. The molecular formula is C12H22N2O2. The van der Waals surface area contributed by atoms with Crippen molar-refractivity contribution >= 4 is 5.91 Å². The predicted octanol–water partition coefficient (Wildman–Crippen LogP) is 1.22. The van der Waals surface area contributed by atoms with Gasteiger partial charge in [-0.2, -0.15) is 0 Å². The second-order valence-electron chi connectivity index (χ2n) is 6.05. The third-order valence-corrected chi connectivity index (χ3v) is 3.56. The highest BCUT2D eigenvalue weighted by molar-refractivity contribution is 5.81. The standard InChI is InChI=1S/C12H22N2O2/c1-11(2,3)16-14-10(15)9-8-12(9)4-6-13-7-5-12/h9,13H,4-8H2,1-3H3,(H,14,15). The summed E-state index contributed by atoms with van der Waals surface area (Å²) in [5.41, 5.74) is 2.57. The van der Waals surface area contributed by atoms with Crippen LogP contribution in [-0.4, -0.2) is 24.6 Å². The van der Waals surface area contributed by atoms with Gasteiger partial charge in [0.25, 0.3) is 0 Å². The summed E-state index contributed by atoms with van der Waals surface area (Å²) < 4.78 is 0. The maximum absolute atomic E-state index is 11.9. The molecule has 1 aliphatic heterocycles. The Bertz CT molecular complexity index is 277. The number of piperidine rings is 1. The minimum absolute atomic E-state index is 0.0665. The third-order valence-electron chi connectivity index (χ3n) is 3.56. The van der Waals surface area contributed by atoms with Crippen molar-refractivity contribution in [3.63, 3.8) is 0 Å². The van der Waals surface area contributed by atoms with E-state index in [1.807, 2.05) is 20.8 Å². The molecule has 1 atom stereocenters. The zero-order chi connectivity index (χ0) is 11.8. The topological polar surface area (TPSA) is 50.4 Å². The van der Waals surface area contributed by atoms with Crippen molar-refractivity contribution in [2.75, 3.05) is 13.1 Å². The van der Waals surface area contributed by atoms with Crippen molar-refractivity contribution in [1.82, 2.24) is 10.8 Å². The van der Waals surface area contributed by atoms with Crippen molar-refractivity contribution in [3.05, 3.63) is 0 Å². The van der Waals surface area contributed by atoms with E-state index in [-0.39, 0.29) is 22.8 Å². The van der Waals surface area contributed by atoms with E-state index < -0.39 is 0 Å². The number of carbonyl (C=O) groups is 1. The lowest BCUT2D eigenvalue weighted by Gasteiger charge is -2.24. The Balaban J connectivity index is 1.80. The van der Waals surface area contributed by atoms with Crippen molar-refractivity contribution in [3.8, 4) is 0 Å². The summed E-state index contributed by atoms with van der Waals surface area (Å²) in [7, 11) is 0. The van der Waals surface area contributed by atoms with Gasteiger partial charge in [0.15, 0.2) is 0 Å². The van der Waals surface area contributed by atoms with Crippen LogP contribution in [0.25, 0.3) is 0 Å². The highest BCUT2D eigenvalue weighted by atomic mass is 16.7. The summed E-state index contributed by atoms with van der Waals surface area (Å²) in [4.78, 5) is 17.2. The van der Waals surface area contributed by atoms with Gasteiger partial charge in [0.05, 0.1) is 5.60 Å². The fourth-order valence-electron chi connectivity index (χ4n) is 2.47. The molecule has 2 rings (SSSR count). The molecule has 4 heteroatoms. The van der Waals surface area contributed by atoms with Crippen LogP contribution in [0.4, 0.5) is 0 Å². The quantitative estimate of drug-likeness (QED) is 0.696. The van der Waals surface area contributed by atoms with Crippen LogP contribution in [0.15, 0.2) is 0 Å². The maximum Gasteiger partial charge on any atom is 0.247 e. The Kier molecular flexibility index (Phi) is 2.97. The zero-order valence-electron chi connectivity index (χ0n) is 10.4. The normalized spacial score (nSPS) is 27.8. The number of rotatable bonds is 2. The second-order valence-corrected chi connectivity index (χ2v) is 6.05. The Labute approximate surface area is 97.1 Å². The van der Waals surface area contributed by atoms with Crippen LogP contribution in [0, 0.1) is 11.3 Å². The minimum atomic E-state index is -0.314. The number of hydrogen-bond acceptors (Lipinski definition) is 3. The largest absolute Gasteiger partial charge is 0.317 e. The van der Waals surface area contributed by atoms with E-state index in [0.29, 0.717) is 0 Å². The molecule has 1 saturated heterocycles. The number of nitrogens with one attached hydrogen (secondary N) is 2. The van der Waals surface area contributed by atoms with Crippen molar-refractivity contribution in [2.45, 2.75) is 45.6 Å². The van der Waals surface area contributed by atoms with Crippen molar-refractivity contribution in [2.24, 2.45) is 11.3 Å². The first-order valence-electron chi connectivity index (χ1n) is 6.12. The molecule has 1 unspecified atom stereocenters. The molecular weight excluding hydrogens is 204 g/mol. The second kappa shape index (κ2) is 4.00. The molecule has 0 radical (unpaired) electrons. The summed E-state index contributed by atoms with van der Waals surface area (Å²) in [6.07, 6.45) is 3.29. The van der Waals surface area contributed by atoms with Crippen molar-refractivity contribution in [1.29, 1.82) is 0 Å². The van der Waals surface area contributed by atoms with Crippen LogP contribution in [0.3, 0.4) is 0 Å². The van der Waals surface area contributed by atoms with Gasteiger partial charge in [-0.15, -0.1) is 0 Å². The van der Waals surface area contributed by atoms with E-state index in [4.69, 9.17) is 4.84 Å². The van der Waals surface area contributed by atoms with E-state index in [1.54, 1.807) is 0 Å². The Hall–Kier alpha value is -0.610. The van der Waals surface area contributed by atoms with E-state index >= 15 is 0 Å². The van der Waals surface area contributed by atoms with Crippen LogP contribution in [0.5, 0.6) is 0 Å². The highest BCUT2D eigenvalue weighted by Gasteiger charge is 2.57. The van der Waals surface area contributed by atoms with Gasteiger partial charge < -0.3 is 5.32 Å². The van der Waals surface area contributed by atoms with Crippen LogP contribution in [-0.2, 0) is 9.63 Å². The molecule has 92 valence electrons. The molecule has 0 aromatic carbocycles. The SMILES string of the molecule is CC(C)(C)ONC(=O)C1CC12CCNCC2. The van der Waals surface area contributed by atoms with Crippen LogP contribution in [0.2, 0.25) is 0 Å². The molecule has 0 aromatic rings. The molecule has 2 N–H and O–H groups in total. The monoisotopic (exact) mass is 226 g/mol. The van der Waals surface area contributed by atoms with E-state index in [2.05, 4.69) is 10.8 Å². The fourth-order valence-corrected chi connectivity index (χ4v) is 2.47. The highest BCUT2D eigenvalue weighted by Crippen LogP contribution is 2.58. The average Bonchev–Trinajstić information content (AvgIpc) is 2.89. The molecule has 1 spiro atoms. The molecule has 1 amide bonds. The number of hydroxylamine groups is 1. The first-order valence-corrected chi connectivity index (χ1v) is 6.12. The Morgan fingerprint density at radius 2 is 2.00 bits per heavy atom. The third kappa shape index (κ3) is 2.55. The first-order chi connectivity index (χ1) is 7.43. The molecule has 2 aliphatic rings. The summed E-state index contributed by atoms with van der Waals surface area (Å²) in [6, 6.07) is 0. The molecule has 1 aliphatic carbocycles. The molecule has 2 fully saturated rings. The minimum Gasteiger partial charge on any atom is -0.317 e. The number of hydrogen-bond donors (Lipinski definition) is 2. The van der Waals surface area contributed by atoms with Gasteiger partial charge in [-0.3, -0.25) is 9.63 Å². The Morgan fingerprint density at radius 1 is 1.38 bits per heavy atom. The smallest absolute Gasteiger partial charge is 0.247 e. The maximum atomic E-state index is 11.9. The lowest BCUT2D eigenvalue weighted by Crippen LogP contribution is -2.37. The molecule has 16 heavy (non-hydrogen) atoms. The van der Waals surface area contributed by atoms with E-state index in [1.165, 1.54) is 0 Å². The lowest BCUT2D eigenvalue weighted by molar-refractivity contribution is -0.147. The summed E-state index contributed by atoms with van der Waals surface area (Å²) in [5.74, 6) is 0.244. The lowest BCUT2D eigenvalue weighted by atomic mass is 9.92. The van der Waals surface area contributed by atoms with Gasteiger partial charge in [0.2, 0.25) is 5.91 Å². The van der Waals surface area contributed by atoms with Gasteiger partial charge in [-0.25, -0.2) is 5.48 Å². The summed E-state index contributed by atoms with van der Waals surface area (Å²) in [6.45, 7) is 7.88. The van der Waals surface area contributed by atoms with Crippen LogP contribution in [0.1, 0.15) is 40.0 Å². The van der Waals surface area contributed by atoms with Crippen molar-refractivity contribution < 1.29 is 9.63 Å². The molecule has 0 bridgehead atoms. The van der Waals surface area contributed by atoms with Gasteiger partial charge >= 0.3 is 0 Å². The fraction of sp³-hybridized carbons (Fsp3) is 0.917. The molecule has 1 saturated carbocycles. The first kappa shape index (κ1) is 11.9. The predicted molar refractivity (Wildman–Crippen MR) is 61.6 cm³/mol.